The Morgan fingerprint density at radius 2 is 2.00 bits per heavy atom. The van der Waals surface area contributed by atoms with Gasteiger partial charge in [0.25, 0.3) is 0 Å². The Morgan fingerprint density at radius 3 is 2.36 bits per heavy atom. The van der Waals surface area contributed by atoms with Gasteiger partial charge < -0.3 is 10.0 Å². The average molecular weight is 200 g/mol. The Labute approximate surface area is 83.1 Å². The molecule has 0 bridgehead atoms. The number of hydrogen-bond acceptors (Lipinski definition) is 3. The molecule has 1 aliphatic heterocycles. The van der Waals surface area contributed by atoms with Crippen molar-refractivity contribution in [2.45, 2.75) is 25.8 Å². The number of rotatable bonds is 4. The monoisotopic (exact) mass is 200 g/mol. The van der Waals surface area contributed by atoms with E-state index in [0.29, 0.717) is 0 Å². The minimum absolute atomic E-state index is 0.0226. The third-order valence-corrected chi connectivity index (χ3v) is 2.42. The van der Waals surface area contributed by atoms with Gasteiger partial charge in [-0.05, 0) is 20.3 Å². The largest absolute Gasteiger partial charge is 0.480 e. The Balaban J connectivity index is 2.32. The number of likely N-dealkylation sites (tertiary alicyclic amines) is 1. The number of nitrogens with zero attached hydrogens (tertiary/aromatic N) is 1. The molecule has 1 rings (SSSR count). The topological polar surface area (TPSA) is 69.6 Å². The van der Waals surface area contributed by atoms with Crippen LogP contribution in [-0.2, 0) is 9.59 Å². The summed E-state index contributed by atoms with van der Waals surface area (Å²) in [6.07, 6.45) is 1.05. The second kappa shape index (κ2) is 3.96. The Kier molecular flexibility index (Phi) is 3.10. The molecular formula is C9H16N2O3. The molecule has 1 aliphatic rings. The molecule has 5 nitrogen and oxygen atoms in total. The van der Waals surface area contributed by atoms with E-state index >= 15 is 0 Å². The predicted molar refractivity (Wildman–Crippen MR) is 50.9 cm³/mol. The molecule has 1 fully saturated rings. The highest BCUT2D eigenvalue weighted by atomic mass is 16.4. The van der Waals surface area contributed by atoms with Crippen LogP contribution in [-0.4, -0.2) is 47.1 Å². The van der Waals surface area contributed by atoms with Crippen molar-refractivity contribution in [3.8, 4) is 0 Å². The molecule has 0 spiro atoms. The Bertz CT molecular complexity index is 246. The van der Waals surface area contributed by atoms with E-state index in [1.165, 1.54) is 0 Å². The molecule has 2 N–H and O–H groups in total. The first-order valence-corrected chi connectivity index (χ1v) is 4.70. The van der Waals surface area contributed by atoms with Gasteiger partial charge in [-0.2, -0.15) is 0 Å². The second-order valence-electron chi connectivity index (χ2n) is 4.02. The lowest BCUT2D eigenvalue weighted by molar-refractivity contribution is -0.144. The minimum atomic E-state index is -1.04. The molecule has 1 saturated heterocycles. The molecule has 0 aromatic carbocycles. The quantitative estimate of drug-likeness (QED) is 0.652. The number of amides is 1. The Morgan fingerprint density at radius 1 is 1.43 bits per heavy atom. The minimum Gasteiger partial charge on any atom is -0.480 e. The first kappa shape index (κ1) is 11.0. The van der Waals surface area contributed by atoms with Crippen LogP contribution >= 0.6 is 0 Å². The first-order chi connectivity index (χ1) is 6.43. The third kappa shape index (κ3) is 2.45. The van der Waals surface area contributed by atoms with E-state index in [2.05, 4.69) is 5.32 Å². The number of nitrogens with one attached hydrogen (secondary N) is 1. The molecule has 80 valence electrons. The van der Waals surface area contributed by atoms with Gasteiger partial charge in [-0.15, -0.1) is 0 Å². The van der Waals surface area contributed by atoms with E-state index < -0.39 is 11.5 Å². The van der Waals surface area contributed by atoms with E-state index in [9.17, 15) is 9.59 Å². The highest BCUT2D eigenvalue weighted by Crippen LogP contribution is 2.06. The lowest BCUT2D eigenvalue weighted by atomic mass is 10.1. The van der Waals surface area contributed by atoms with E-state index in [1.807, 2.05) is 0 Å². The van der Waals surface area contributed by atoms with Crippen LogP contribution in [0.2, 0.25) is 0 Å². The van der Waals surface area contributed by atoms with Crippen LogP contribution in [0.5, 0.6) is 0 Å². The van der Waals surface area contributed by atoms with Gasteiger partial charge in [0.15, 0.2) is 0 Å². The summed E-state index contributed by atoms with van der Waals surface area (Å²) in [6, 6.07) is 0. The summed E-state index contributed by atoms with van der Waals surface area (Å²) in [4.78, 5) is 23.8. The average Bonchev–Trinajstić information content (AvgIpc) is 1.97. The highest BCUT2D eigenvalue weighted by Gasteiger charge is 2.28. The van der Waals surface area contributed by atoms with Crippen molar-refractivity contribution in [1.29, 1.82) is 0 Å². The first-order valence-electron chi connectivity index (χ1n) is 4.70. The number of carboxylic acids is 1. The van der Waals surface area contributed by atoms with E-state index in [0.717, 1.165) is 19.5 Å². The number of hydrogen-bond donors (Lipinski definition) is 2. The SMILES string of the molecule is CC(C)(NCC(=O)N1CCC1)C(=O)O. The summed E-state index contributed by atoms with van der Waals surface area (Å²) < 4.78 is 0. The van der Waals surface area contributed by atoms with Gasteiger partial charge in [0.05, 0.1) is 6.54 Å². The molecule has 0 saturated carbocycles. The van der Waals surface area contributed by atoms with Gasteiger partial charge in [-0.3, -0.25) is 14.9 Å². The summed E-state index contributed by atoms with van der Waals surface area (Å²) in [6.45, 7) is 4.78. The van der Waals surface area contributed by atoms with Gasteiger partial charge in [0, 0.05) is 13.1 Å². The lowest BCUT2D eigenvalue weighted by Crippen LogP contribution is -2.53. The molecule has 1 amide bonds. The van der Waals surface area contributed by atoms with Crippen molar-refractivity contribution >= 4 is 11.9 Å². The molecule has 0 radical (unpaired) electrons. The molecule has 5 heteroatoms. The van der Waals surface area contributed by atoms with Gasteiger partial charge in [0.1, 0.15) is 5.54 Å². The summed E-state index contributed by atoms with van der Waals surface area (Å²) in [7, 11) is 0. The number of carboxylic acid groups (broad SMARTS) is 1. The number of carbonyl (C=O) groups excluding carboxylic acids is 1. The zero-order chi connectivity index (χ0) is 10.8. The standard InChI is InChI=1S/C9H16N2O3/c1-9(2,8(13)14)10-6-7(12)11-4-3-5-11/h10H,3-6H2,1-2H3,(H,13,14). The lowest BCUT2D eigenvalue weighted by Gasteiger charge is -2.32. The van der Waals surface area contributed by atoms with Gasteiger partial charge in [-0.25, -0.2) is 0 Å². The summed E-state index contributed by atoms with van der Waals surface area (Å²) >= 11 is 0. The van der Waals surface area contributed by atoms with Crippen LogP contribution in [0.1, 0.15) is 20.3 Å². The maximum atomic E-state index is 11.4. The fourth-order valence-corrected chi connectivity index (χ4v) is 1.05. The summed E-state index contributed by atoms with van der Waals surface area (Å²) in [5, 5.41) is 11.5. The van der Waals surface area contributed by atoms with Gasteiger partial charge in [0.2, 0.25) is 5.91 Å². The molecule has 0 unspecified atom stereocenters. The zero-order valence-electron chi connectivity index (χ0n) is 8.54. The zero-order valence-corrected chi connectivity index (χ0v) is 8.54. The van der Waals surface area contributed by atoms with Crippen LogP contribution in [0.4, 0.5) is 0 Å². The normalized spacial score (nSPS) is 16.3. The molecular weight excluding hydrogens is 184 g/mol. The van der Waals surface area contributed by atoms with Crippen molar-refractivity contribution in [2.24, 2.45) is 0 Å². The molecule has 1 heterocycles. The maximum absolute atomic E-state index is 11.4. The van der Waals surface area contributed by atoms with Crippen LogP contribution in [0.15, 0.2) is 0 Å². The Hall–Kier alpha value is -1.10. The van der Waals surface area contributed by atoms with Gasteiger partial charge >= 0.3 is 5.97 Å². The number of carbonyl (C=O) groups is 2. The molecule has 14 heavy (non-hydrogen) atoms. The smallest absolute Gasteiger partial charge is 0.323 e. The van der Waals surface area contributed by atoms with Crippen molar-refractivity contribution in [3.63, 3.8) is 0 Å². The van der Waals surface area contributed by atoms with Crippen molar-refractivity contribution in [1.82, 2.24) is 10.2 Å². The second-order valence-corrected chi connectivity index (χ2v) is 4.02. The van der Waals surface area contributed by atoms with E-state index in [1.54, 1.807) is 18.7 Å². The molecule has 0 atom stereocenters. The fourth-order valence-electron chi connectivity index (χ4n) is 1.05. The molecule has 0 aromatic rings. The number of aliphatic carboxylic acids is 1. The van der Waals surface area contributed by atoms with Gasteiger partial charge in [-0.1, -0.05) is 0 Å². The van der Waals surface area contributed by atoms with E-state index in [-0.39, 0.29) is 12.5 Å². The third-order valence-electron chi connectivity index (χ3n) is 2.42. The fraction of sp³-hybridized carbons (Fsp3) is 0.778. The summed E-state index contributed by atoms with van der Waals surface area (Å²) in [5.41, 5.74) is -1.04. The molecule has 0 aliphatic carbocycles. The van der Waals surface area contributed by atoms with E-state index in [4.69, 9.17) is 5.11 Å². The van der Waals surface area contributed by atoms with Crippen LogP contribution in [0.25, 0.3) is 0 Å². The molecule has 0 aromatic heterocycles. The van der Waals surface area contributed by atoms with Crippen molar-refractivity contribution in [3.05, 3.63) is 0 Å². The van der Waals surface area contributed by atoms with Crippen LogP contribution in [0, 0.1) is 0 Å². The summed E-state index contributed by atoms with van der Waals surface area (Å²) in [5.74, 6) is -0.973. The predicted octanol–water partition coefficient (Wildman–Crippen LogP) is -0.328. The maximum Gasteiger partial charge on any atom is 0.323 e. The van der Waals surface area contributed by atoms with Crippen LogP contribution < -0.4 is 5.32 Å². The highest BCUT2D eigenvalue weighted by molar-refractivity contribution is 5.82. The van der Waals surface area contributed by atoms with Crippen LogP contribution in [0.3, 0.4) is 0 Å². The van der Waals surface area contributed by atoms with Crippen molar-refractivity contribution < 1.29 is 14.7 Å². The van der Waals surface area contributed by atoms with Crippen molar-refractivity contribution in [2.75, 3.05) is 19.6 Å².